The van der Waals surface area contributed by atoms with Crippen molar-refractivity contribution in [2.45, 2.75) is 129 Å². The van der Waals surface area contributed by atoms with Crippen LogP contribution in [0.5, 0.6) is 0 Å². The van der Waals surface area contributed by atoms with Gasteiger partial charge in [0.25, 0.3) is 0 Å². The summed E-state index contributed by atoms with van der Waals surface area (Å²) in [6.45, 7) is 5.17. The molecule has 0 aliphatic carbocycles. The minimum atomic E-state index is 0.0710. The maximum absolute atomic E-state index is 9.16. The van der Waals surface area contributed by atoms with Crippen LogP contribution in [0.25, 0.3) is 0 Å². The molecule has 0 aromatic rings. The van der Waals surface area contributed by atoms with Crippen molar-refractivity contribution in [2.75, 3.05) is 13.2 Å². The third-order valence-corrected chi connectivity index (χ3v) is 4.99. The average Bonchev–Trinajstić information content (AvgIpc) is 2.60. The van der Waals surface area contributed by atoms with Gasteiger partial charge in [0.2, 0.25) is 0 Å². The van der Waals surface area contributed by atoms with Gasteiger partial charge in [-0.25, -0.2) is 0 Å². The molecule has 0 fully saturated rings. The van der Waals surface area contributed by atoms with Crippen LogP contribution >= 0.6 is 0 Å². The van der Waals surface area contributed by atoms with Gasteiger partial charge in [-0.3, -0.25) is 0 Å². The first kappa shape index (κ1) is 23.9. The second kappa shape index (κ2) is 21.0. The van der Waals surface area contributed by atoms with Gasteiger partial charge in [-0.05, 0) is 13.3 Å². The maximum Gasteiger partial charge on any atom is 0.0805 e. The Hall–Kier alpha value is -0.0800. The van der Waals surface area contributed by atoms with Crippen molar-refractivity contribution in [1.29, 1.82) is 0 Å². The van der Waals surface area contributed by atoms with E-state index in [2.05, 4.69) is 6.92 Å². The van der Waals surface area contributed by atoms with Crippen LogP contribution in [0, 0.1) is 0 Å². The molecule has 0 rings (SSSR count). The van der Waals surface area contributed by atoms with Gasteiger partial charge in [0.05, 0.1) is 12.7 Å². The lowest BCUT2D eigenvalue weighted by molar-refractivity contribution is 0.0136. The molecule has 0 aliphatic rings. The Balaban J connectivity index is 3.07. The minimum Gasteiger partial charge on any atom is -0.394 e. The second-order valence-corrected chi connectivity index (χ2v) is 7.35. The van der Waals surface area contributed by atoms with E-state index in [0.717, 1.165) is 6.42 Å². The van der Waals surface area contributed by atoms with E-state index in [4.69, 9.17) is 9.84 Å². The Morgan fingerprint density at radius 3 is 1.29 bits per heavy atom. The summed E-state index contributed by atoms with van der Waals surface area (Å²) in [5.74, 6) is 0. The molecule has 0 aromatic heterocycles. The van der Waals surface area contributed by atoms with Gasteiger partial charge in [0.15, 0.2) is 0 Å². The number of rotatable bonds is 20. The van der Waals surface area contributed by atoms with Crippen LogP contribution in [-0.2, 0) is 4.74 Å². The van der Waals surface area contributed by atoms with E-state index in [1.54, 1.807) is 0 Å². The third-order valence-electron chi connectivity index (χ3n) is 4.99. The summed E-state index contributed by atoms with van der Waals surface area (Å²) in [7, 11) is 0. The standard InChI is InChI=1S/C22H46O2/c1-3-5-6-7-8-9-10-11-12-13-14-15-16-17-18-19-20-22(21-23)24-4-2/h22-23H,3-21H2,1-2H3/t22-/m0/s1. The van der Waals surface area contributed by atoms with Crippen molar-refractivity contribution in [3.63, 3.8) is 0 Å². The van der Waals surface area contributed by atoms with Crippen molar-refractivity contribution >= 4 is 0 Å². The molecular weight excluding hydrogens is 296 g/mol. The normalized spacial score (nSPS) is 12.6. The second-order valence-electron chi connectivity index (χ2n) is 7.35. The molecule has 0 radical (unpaired) electrons. The highest BCUT2D eigenvalue weighted by molar-refractivity contribution is 4.56. The fraction of sp³-hybridized carbons (Fsp3) is 1.00. The van der Waals surface area contributed by atoms with E-state index < -0.39 is 0 Å². The topological polar surface area (TPSA) is 29.5 Å². The van der Waals surface area contributed by atoms with Crippen LogP contribution in [0.4, 0.5) is 0 Å². The summed E-state index contributed by atoms with van der Waals surface area (Å²) < 4.78 is 5.47. The lowest BCUT2D eigenvalue weighted by Gasteiger charge is -2.13. The van der Waals surface area contributed by atoms with Crippen LogP contribution < -0.4 is 0 Å². The molecule has 0 spiro atoms. The highest BCUT2D eigenvalue weighted by Gasteiger charge is 2.05. The zero-order valence-corrected chi connectivity index (χ0v) is 16.9. The Kier molecular flexibility index (Phi) is 20.9. The summed E-state index contributed by atoms with van der Waals surface area (Å²) >= 11 is 0. The van der Waals surface area contributed by atoms with Crippen LogP contribution in [0.15, 0.2) is 0 Å². The highest BCUT2D eigenvalue weighted by Crippen LogP contribution is 2.14. The van der Waals surface area contributed by atoms with Crippen molar-refractivity contribution in [2.24, 2.45) is 0 Å². The number of hydrogen-bond donors (Lipinski definition) is 1. The molecule has 24 heavy (non-hydrogen) atoms. The highest BCUT2D eigenvalue weighted by atomic mass is 16.5. The van der Waals surface area contributed by atoms with Gasteiger partial charge in [-0.2, -0.15) is 0 Å². The molecule has 1 N–H and O–H groups in total. The molecule has 0 aromatic carbocycles. The van der Waals surface area contributed by atoms with E-state index in [0.29, 0.717) is 6.61 Å². The molecule has 0 saturated heterocycles. The predicted octanol–water partition coefficient (Wildman–Crippen LogP) is 7.04. The van der Waals surface area contributed by atoms with E-state index >= 15 is 0 Å². The van der Waals surface area contributed by atoms with Crippen LogP contribution in [0.1, 0.15) is 123 Å². The SMILES string of the molecule is CCCCCCCCCCCCCCCCCC[C@@H](CO)OCC. The molecule has 0 unspecified atom stereocenters. The fourth-order valence-electron chi connectivity index (χ4n) is 3.38. The predicted molar refractivity (Wildman–Crippen MR) is 107 cm³/mol. The largest absolute Gasteiger partial charge is 0.394 e. The molecule has 0 heterocycles. The van der Waals surface area contributed by atoms with E-state index in [-0.39, 0.29) is 12.7 Å². The lowest BCUT2D eigenvalue weighted by Crippen LogP contribution is -2.17. The smallest absolute Gasteiger partial charge is 0.0805 e. The first-order chi connectivity index (χ1) is 11.8. The number of ether oxygens (including phenoxy) is 1. The summed E-state index contributed by atoms with van der Waals surface area (Å²) in [6.07, 6.45) is 23.5. The zero-order valence-electron chi connectivity index (χ0n) is 16.9. The molecule has 0 amide bonds. The molecule has 0 saturated carbocycles. The quantitative estimate of drug-likeness (QED) is 0.240. The summed E-state index contributed by atoms with van der Waals surface area (Å²) in [6, 6.07) is 0. The maximum atomic E-state index is 9.16. The number of unbranched alkanes of at least 4 members (excludes halogenated alkanes) is 15. The minimum absolute atomic E-state index is 0.0710. The Bertz CT molecular complexity index is 218. The van der Waals surface area contributed by atoms with Gasteiger partial charge < -0.3 is 9.84 Å². The van der Waals surface area contributed by atoms with Crippen molar-refractivity contribution in [1.82, 2.24) is 0 Å². The van der Waals surface area contributed by atoms with Gasteiger partial charge in [-0.15, -0.1) is 0 Å². The van der Waals surface area contributed by atoms with E-state index in [1.165, 1.54) is 103 Å². The number of hydrogen-bond acceptors (Lipinski definition) is 2. The summed E-state index contributed by atoms with van der Waals surface area (Å²) in [5.41, 5.74) is 0. The van der Waals surface area contributed by atoms with Crippen molar-refractivity contribution in [3.05, 3.63) is 0 Å². The molecule has 2 nitrogen and oxygen atoms in total. The van der Waals surface area contributed by atoms with Crippen molar-refractivity contribution in [3.8, 4) is 0 Å². The van der Waals surface area contributed by atoms with Gasteiger partial charge in [0.1, 0.15) is 0 Å². The summed E-state index contributed by atoms with van der Waals surface area (Å²) in [4.78, 5) is 0. The Labute approximate surface area is 152 Å². The van der Waals surface area contributed by atoms with Gasteiger partial charge >= 0.3 is 0 Å². The molecule has 1 atom stereocenters. The average molecular weight is 343 g/mol. The lowest BCUT2D eigenvalue weighted by atomic mass is 10.0. The monoisotopic (exact) mass is 342 g/mol. The van der Waals surface area contributed by atoms with Crippen molar-refractivity contribution < 1.29 is 9.84 Å². The molecule has 146 valence electrons. The first-order valence-electron chi connectivity index (χ1n) is 11.1. The van der Waals surface area contributed by atoms with E-state index in [1.807, 2.05) is 6.92 Å². The van der Waals surface area contributed by atoms with E-state index in [9.17, 15) is 0 Å². The molecule has 0 aliphatic heterocycles. The van der Waals surface area contributed by atoms with Crippen LogP contribution in [0.3, 0.4) is 0 Å². The van der Waals surface area contributed by atoms with Crippen LogP contribution in [0.2, 0.25) is 0 Å². The van der Waals surface area contributed by atoms with Crippen LogP contribution in [-0.4, -0.2) is 24.4 Å². The van der Waals surface area contributed by atoms with Gasteiger partial charge in [-0.1, -0.05) is 110 Å². The zero-order chi connectivity index (χ0) is 17.7. The number of aliphatic hydroxyl groups is 1. The Morgan fingerprint density at radius 1 is 0.583 bits per heavy atom. The molecule has 0 bridgehead atoms. The Morgan fingerprint density at radius 2 is 0.958 bits per heavy atom. The number of aliphatic hydroxyl groups excluding tert-OH is 1. The first-order valence-corrected chi connectivity index (χ1v) is 11.1. The molecular formula is C22H46O2. The van der Waals surface area contributed by atoms with Gasteiger partial charge in [0, 0.05) is 6.61 Å². The fourth-order valence-corrected chi connectivity index (χ4v) is 3.38. The summed E-state index contributed by atoms with van der Waals surface area (Å²) in [5, 5.41) is 9.16. The third kappa shape index (κ3) is 18.3. The molecule has 2 heteroatoms.